The Morgan fingerprint density at radius 3 is 2.32 bits per heavy atom. The first-order valence-electron chi connectivity index (χ1n) is 8.61. The largest absolute Gasteiger partial charge is 0.368 e. The number of carbonyl (C=O) groups excluding carboxylic acids is 3. The molecule has 0 aliphatic rings. The van der Waals surface area contributed by atoms with Crippen LogP contribution in [0, 0.1) is 0 Å². The molecular weight excluding hydrogens is 446 g/mol. The summed E-state index contributed by atoms with van der Waals surface area (Å²) in [5.74, 6) is -1.51. The van der Waals surface area contributed by atoms with Gasteiger partial charge in [0, 0.05) is 29.3 Å². The van der Waals surface area contributed by atoms with Crippen molar-refractivity contribution in [2.75, 3.05) is 0 Å². The molecule has 3 amide bonds. The molecule has 148 valence electrons. The van der Waals surface area contributed by atoms with Gasteiger partial charge in [-0.25, -0.2) is 0 Å². The van der Waals surface area contributed by atoms with Crippen molar-refractivity contribution in [3.8, 4) is 0 Å². The van der Waals surface area contributed by atoms with Gasteiger partial charge in [0.15, 0.2) is 0 Å². The van der Waals surface area contributed by atoms with E-state index < -0.39 is 23.9 Å². The highest BCUT2D eigenvalue weighted by Gasteiger charge is 2.26. The third-order valence-corrected chi connectivity index (χ3v) is 5.08. The molecule has 0 bridgehead atoms. The Bertz CT molecular complexity index is 861. The number of rotatable bonds is 8. The third kappa shape index (κ3) is 6.65. The van der Waals surface area contributed by atoms with Gasteiger partial charge in [-0.3, -0.25) is 14.4 Å². The number of benzene rings is 2. The van der Waals surface area contributed by atoms with Gasteiger partial charge < -0.3 is 16.4 Å². The first kappa shape index (κ1) is 21.9. The van der Waals surface area contributed by atoms with Crippen LogP contribution in [0.25, 0.3) is 0 Å². The van der Waals surface area contributed by atoms with Crippen LogP contribution >= 0.6 is 27.5 Å². The van der Waals surface area contributed by atoms with Crippen molar-refractivity contribution < 1.29 is 14.4 Å². The molecule has 6 nitrogen and oxygen atoms in total. The van der Waals surface area contributed by atoms with E-state index in [1.54, 1.807) is 18.2 Å². The van der Waals surface area contributed by atoms with E-state index in [0.717, 1.165) is 15.6 Å². The van der Waals surface area contributed by atoms with E-state index in [-0.39, 0.29) is 12.3 Å². The van der Waals surface area contributed by atoms with E-state index in [1.165, 1.54) is 6.92 Å². The maximum atomic E-state index is 12.8. The van der Waals surface area contributed by atoms with Crippen molar-refractivity contribution >= 4 is 45.3 Å². The molecule has 0 unspecified atom stereocenters. The van der Waals surface area contributed by atoms with Gasteiger partial charge in [-0.05, 0) is 29.3 Å². The normalized spacial score (nSPS) is 12.7. The van der Waals surface area contributed by atoms with Crippen molar-refractivity contribution in [1.82, 2.24) is 10.6 Å². The predicted octanol–water partition coefficient (Wildman–Crippen LogP) is 2.36. The van der Waals surface area contributed by atoms with E-state index in [1.807, 2.05) is 30.3 Å². The molecule has 0 spiro atoms. The number of hydrogen-bond acceptors (Lipinski definition) is 3. The van der Waals surface area contributed by atoms with Gasteiger partial charge in [0.1, 0.15) is 12.1 Å². The minimum absolute atomic E-state index is 0.167. The van der Waals surface area contributed by atoms with Crippen molar-refractivity contribution in [3.05, 3.63) is 69.2 Å². The van der Waals surface area contributed by atoms with E-state index in [9.17, 15) is 14.4 Å². The minimum atomic E-state index is -0.950. The van der Waals surface area contributed by atoms with Gasteiger partial charge in [-0.1, -0.05) is 57.9 Å². The molecule has 0 saturated carbocycles. The quantitative estimate of drug-likeness (QED) is 0.556. The van der Waals surface area contributed by atoms with Crippen LogP contribution in [0.1, 0.15) is 18.1 Å². The van der Waals surface area contributed by atoms with Crippen LogP contribution in [-0.2, 0) is 27.2 Å². The lowest BCUT2D eigenvalue weighted by Crippen LogP contribution is -2.54. The van der Waals surface area contributed by atoms with Crippen LogP contribution < -0.4 is 16.4 Å². The average molecular weight is 467 g/mol. The van der Waals surface area contributed by atoms with E-state index in [2.05, 4.69) is 26.6 Å². The molecule has 2 aromatic carbocycles. The number of nitrogens with two attached hydrogens (primary N) is 1. The van der Waals surface area contributed by atoms with Crippen LogP contribution in [0.15, 0.2) is 53.0 Å². The summed E-state index contributed by atoms with van der Waals surface area (Å²) in [7, 11) is 0. The minimum Gasteiger partial charge on any atom is -0.368 e. The topological polar surface area (TPSA) is 101 Å². The fourth-order valence-corrected chi connectivity index (χ4v) is 3.32. The van der Waals surface area contributed by atoms with Gasteiger partial charge in [-0.2, -0.15) is 0 Å². The van der Waals surface area contributed by atoms with Crippen LogP contribution in [-0.4, -0.2) is 29.8 Å². The molecule has 0 radical (unpaired) electrons. The maximum absolute atomic E-state index is 12.8. The summed E-state index contributed by atoms with van der Waals surface area (Å²) in [5.41, 5.74) is 7.10. The average Bonchev–Trinajstić information content (AvgIpc) is 2.63. The molecule has 0 aromatic heterocycles. The molecule has 0 fully saturated rings. The first-order valence-corrected chi connectivity index (χ1v) is 9.78. The second-order valence-corrected chi connectivity index (χ2v) is 7.64. The monoisotopic (exact) mass is 465 g/mol. The summed E-state index contributed by atoms with van der Waals surface area (Å²) in [4.78, 5) is 36.2. The van der Waals surface area contributed by atoms with Crippen LogP contribution in [0.4, 0.5) is 0 Å². The molecule has 4 N–H and O–H groups in total. The summed E-state index contributed by atoms with van der Waals surface area (Å²) in [6, 6.07) is 12.7. The number of halogens is 2. The number of nitrogens with one attached hydrogen (secondary N) is 2. The number of amides is 3. The van der Waals surface area contributed by atoms with Crippen molar-refractivity contribution in [3.63, 3.8) is 0 Å². The summed E-state index contributed by atoms with van der Waals surface area (Å²) in [6.45, 7) is 1.33. The third-order valence-electron chi connectivity index (χ3n) is 4.07. The molecule has 0 aliphatic carbocycles. The van der Waals surface area contributed by atoms with Crippen molar-refractivity contribution in [2.45, 2.75) is 31.8 Å². The predicted molar refractivity (Wildman–Crippen MR) is 112 cm³/mol. The van der Waals surface area contributed by atoms with Crippen LogP contribution in [0.3, 0.4) is 0 Å². The summed E-state index contributed by atoms with van der Waals surface area (Å²) >= 11 is 9.41. The standard InChI is InChI=1S/C20H21BrClN3O3/c1-12(26)24-18(9-13-5-3-2-4-6-13)20(28)25-17(19(23)27)11-14-10-15(22)7-8-16(14)21/h2-8,10,17-18H,9,11H2,1H3,(H2,23,27)(H,24,26)(H,25,28)/t17-,18+/m1/s1. The highest BCUT2D eigenvalue weighted by molar-refractivity contribution is 9.10. The van der Waals surface area contributed by atoms with Gasteiger partial charge in [0.25, 0.3) is 0 Å². The molecule has 0 saturated heterocycles. The van der Waals surface area contributed by atoms with E-state index >= 15 is 0 Å². The lowest BCUT2D eigenvalue weighted by molar-refractivity contribution is -0.130. The van der Waals surface area contributed by atoms with Gasteiger partial charge in [-0.15, -0.1) is 0 Å². The Morgan fingerprint density at radius 1 is 1.04 bits per heavy atom. The second kappa shape index (κ2) is 10.2. The van der Waals surface area contributed by atoms with Gasteiger partial charge in [0.05, 0.1) is 0 Å². The Hall–Kier alpha value is -2.38. The summed E-state index contributed by atoms with van der Waals surface area (Å²) in [6.07, 6.45) is 0.457. The number of carbonyl (C=O) groups is 3. The molecule has 2 atom stereocenters. The SMILES string of the molecule is CC(=O)N[C@@H](Cc1ccccc1)C(=O)N[C@H](Cc1cc(Cl)ccc1Br)C(N)=O. The highest BCUT2D eigenvalue weighted by atomic mass is 79.9. The Morgan fingerprint density at radius 2 is 1.71 bits per heavy atom. The summed E-state index contributed by atoms with van der Waals surface area (Å²) in [5, 5.41) is 5.78. The molecule has 2 aromatic rings. The lowest BCUT2D eigenvalue weighted by Gasteiger charge is -2.22. The zero-order valence-electron chi connectivity index (χ0n) is 15.2. The van der Waals surface area contributed by atoms with E-state index in [4.69, 9.17) is 17.3 Å². The number of primary amides is 1. The van der Waals surface area contributed by atoms with Gasteiger partial charge >= 0.3 is 0 Å². The smallest absolute Gasteiger partial charge is 0.243 e. The fourth-order valence-electron chi connectivity index (χ4n) is 2.72. The molecule has 28 heavy (non-hydrogen) atoms. The second-order valence-electron chi connectivity index (χ2n) is 6.35. The summed E-state index contributed by atoms with van der Waals surface area (Å²) < 4.78 is 0.750. The fraction of sp³-hybridized carbons (Fsp3) is 0.250. The van der Waals surface area contributed by atoms with E-state index in [0.29, 0.717) is 11.4 Å². The molecule has 8 heteroatoms. The number of hydrogen-bond donors (Lipinski definition) is 3. The van der Waals surface area contributed by atoms with Crippen LogP contribution in [0.2, 0.25) is 5.02 Å². The Labute approximate surface area is 177 Å². The maximum Gasteiger partial charge on any atom is 0.243 e. The van der Waals surface area contributed by atoms with Crippen molar-refractivity contribution in [2.24, 2.45) is 5.73 Å². The molecule has 0 heterocycles. The highest BCUT2D eigenvalue weighted by Crippen LogP contribution is 2.22. The molecule has 0 aliphatic heterocycles. The van der Waals surface area contributed by atoms with Gasteiger partial charge in [0.2, 0.25) is 17.7 Å². The molecule has 2 rings (SSSR count). The zero-order valence-corrected chi connectivity index (χ0v) is 17.6. The van der Waals surface area contributed by atoms with Crippen LogP contribution in [0.5, 0.6) is 0 Å². The Kier molecular flexibility index (Phi) is 8.02. The first-order chi connectivity index (χ1) is 13.3. The lowest BCUT2D eigenvalue weighted by atomic mass is 10.0. The molecular formula is C20H21BrClN3O3. The zero-order chi connectivity index (χ0) is 20.7. The van der Waals surface area contributed by atoms with Crippen molar-refractivity contribution in [1.29, 1.82) is 0 Å². The Balaban J connectivity index is 2.16.